The molecule has 0 saturated carbocycles. The molecule has 4 N–H and O–H groups in total. The number of aliphatic hydroxyl groups excluding tert-OH is 4. The van der Waals surface area contributed by atoms with Gasteiger partial charge in [-0.1, -0.05) is 32.9 Å². The number of esters is 8. The Morgan fingerprint density at radius 1 is 0.373 bits per heavy atom. The molecule has 0 radical (unpaired) electrons. The van der Waals surface area contributed by atoms with Gasteiger partial charge in [0.1, 0.15) is 77.3 Å². The van der Waals surface area contributed by atoms with Crippen LogP contribution in [0.5, 0.6) is 0 Å². The number of carbonyl (C=O) groups excluding carboxylic acids is 8. The molecule has 0 aliphatic rings. The summed E-state index contributed by atoms with van der Waals surface area (Å²) in [4.78, 5) is 91.2. The average molecular weight is 845 g/mol. The lowest BCUT2D eigenvalue weighted by molar-refractivity contribution is -0.153. The molecule has 0 aromatic heterocycles. The van der Waals surface area contributed by atoms with Gasteiger partial charge in [0.2, 0.25) is 0 Å². The number of rotatable bonds is 28. The third kappa shape index (κ3) is 31.0. The molecule has 0 bridgehead atoms. The molecule has 4 atom stereocenters. The highest BCUT2D eigenvalue weighted by Crippen LogP contribution is 2.07. The zero-order valence-electron chi connectivity index (χ0n) is 33.9. The number of unbranched alkanes of at least 4 members (excludes halogenated alkanes) is 1. The molecule has 0 aliphatic carbocycles. The summed E-state index contributed by atoms with van der Waals surface area (Å²) in [7, 11) is 0. The number of aliphatic hydroxyl groups is 4. The fourth-order valence-electron chi connectivity index (χ4n) is 3.19. The smallest absolute Gasteiger partial charge is 0.334 e. The predicted octanol–water partition coefficient (Wildman–Crippen LogP) is 0.573. The molecule has 0 saturated heterocycles. The first-order chi connectivity index (χ1) is 27.5. The molecule has 0 aliphatic heterocycles. The maximum absolute atomic E-state index is 11.7. The second-order valence-electron chi connectivity index (χ2n) is 12.8. The lowest BCUT2D eigenvalue weighted by Gasteiger charge is -2.13. The van der Waals surface area contributed by atoms with Gasteiger partial charge in [0.25, 0.3) is 0 Å². The molecule has 332 valence electrons. The predicted molar refractivity (Wildman–Crippen MR) is 203 cm³/mol. The van der Waals surface area contributed by atoms with E-state index < -0.39 is 105 Å². The standard InChI is InChI=1S/C20H30O10.C19H26O10/c1-13(2)19(25)29-11-15(21)9-27-17(23)7-5-6-8-18(24)28-10-16(22)12-30-20(26)14(3)4;1-11(2)17(23)27-8-14(20)7-26-16(22)6-13(5)19(25)29-10-15(21)9-28-18(24)12(3)4/h15-16,21-22H,1,3,5-12H2,2,4H3;14-15,20-21H,1,3,5-10H2,2,4H3. The van der Waals surface area contributed by atoms with Gasteiger partial charge in [-0.05, 0) is 40.5 Å². The molecule has 0 amide bonds. The second kappa shape index (κ2) is 31.3. The third-order valence-corrected chi connectivity index (χ3v) is 6.40. The Labute approximate surface area is 342 Å². The Kier molecular flexibility index (Phi) is 29.4. The van der Waals surface area contributed by atoms with Gasteiger partial charge in [-0.15, -0.1) is 0 Å². The Balaban J connectivity index is 0. The highest BCUT2D eigenvalue weighted by molar-refractivity contribution is 5.93. The van der Waals surface area contributed by atoms with Crippen molar-refractivity contribution in [3.8, 4) is 0 Å². The minimum atomic E-state index is -1.26. The van der Waals surface area contributed by atoms with Gasteiger partial charge in [0.15, 0.2) is 0 Å². The van der Waals surface area contributed by atoms with Gasteiger partial charge >= 0.3 is 47.8 Å². The average Bonchev–Trinajstić information content (AvgIpc) is 3.17. The van der Waals surface area contributed by atoms with Crippen LogP contribution in [0.4, 0.5) is 0 Å². The number of carbonyl (C=O) groups is 8. The number of ether oxygens (including phenoxy) is 8. The Hall–Kier alpha value is -5.70. The van der Waals surface area contributed by atoms with E-state index in [1.54, 1.807) is 0 Å². The van der Waals surface area contributed by atoms with E-state index in [2.05, 4.69) is 42.4 Å². The maximum Gasteiger partial charge on any atom is 0.334 e. The van der Waals surface area contributed by atoms with Crippen molar-refractivity contribution in [1.29, 1.82) is 0 Å². The highest BCUT2D eigenvalue weighted by Gasteiger charge is 2.19. The highest BCUT2D eigenvalue weighted by atomic mass is 16.6. The third-order valence-electron chi connectivity index (χ3n) is 6.40. The minimum Gasteiger partial charge on any atom is -0.463 e. The van der Waals surface area contributed by atoms with E-state index in [0.29, 0.717) is 12.8 Å². The molecular formula is C39H56O20. The van der Waals surface area contributed by atoms with E-state index in [1.165, 1.54) is 27.7 Å². The fraction of sp³-hybridized carbons (Fsp3) is 0.538. The van der Waals surface area contributed by atoms with Gasteiger partial charge < -0.3 is 58.3 Å². The van der Waals surface area contributed by atoms with Crippen LogP contribution < -0.4 is 0 Å². The zero-order chi connectivity index (χ0) is 45.7. The molecule has 4 unspecified atom stereocenters. The van der Waals surface area contributed by atoms with Gasteiger partial charge in [-0.3, -0.25) is 14.4 Å². The largest absolute Gasteiger partial charge is 0.463 e. The van der Waals surface area contributed by atoms with E-state index >= 15 is 0 Å². The Morgan fingerprint density at radius 3 is 0.847 bits per heavy atom. The molecule has 0 heterocycles. The van der Waals surface area contributed by atoms with Gasteiger partial charge in [0, 0.05) is 40.7 Å². The summed E-state index contributed by atoms with van der Waals surface area (Å²) >= 11 is 0. The van der Waals surface area contributed by atoms with Crippen LogP contribution in [0, 0.1) is 0 Å². The van der Waals surface area contributed by atoms with Crippen molar-refractivity contribution in [2.45, 2.75) is 84.2 Å². The zero-order valence-corrected chi connectivity index (χ0v) is 33.9. The first-order valence-electron chi connectivity index (χ1n) is 17.8. The number of hydrogen-bond acceptors (Lipinski definition) is 20. The quantitative estimate of drug-likeness (QED) is 0.0362. The molecule has 59 heavy (non-hydrogen) atoms. The Bertz CT molecular complexity index is 1460. The summed E-state index contributed by atoms with van der Waals surface area (Å²) in [6.07, 6.45) is -4.55. The molecule has 20 heteroatoms. The van der Waals surface area contributed by atoms with Crippen molar-refractivity contribution in [2.24, 2.45) is 0 Å². The summed E-state index contributed by atoms with van der Waals surface area (Å²) in [5.41, 5.74) is 0.449. The van der Waals surface area contributed by atoms with Crippen LogP contribution in [0.2, 0.25) is 0 Å². The van der Waals surface area contributed by atoms with E-state index in [4.69, 9.17) is 28.4 Å². The van der Waals surface area contributed by atoms with Crippen molar-refractivity contribution >= 4 is 47.8 Å². The summed E-state index contributed by atoms with van der Waals surface area (Å²) < 4.78 is 38.0. The fourth-order valence-corrected chi connectivity index (χ4v) is 3.19. The molecule has 0 rings (SSSR count). The van der Waals surface area contributed by atoms with E-state index in [9.17, 15) is 58.8 Å². The normalized spacial score (nSPS) is 12.2. The van der Waals surface area contributed by atoms with Crippen molar-refractivity contribution in [2.75, 3.05) is 52.9 Å². The Morgan fingerprint density at radius 2 is 0.593 bits per heavy atom. The van der Waals surface area contributed by atoms with Gasteiger partial charge in [-0.2, -0.15) is 0 Å². The van der Waals surface area contributed by atoms with Crippen LogP contribution in [0.3, 0.4) is 0 Å². The van der Waals surface area contributed by atoms with Crippen LogP contribution in [0.1, 0.15) is 59.8 Å². The first-order valence-corrected chi connectivity index (χ1v) is 17.8. The summed E-state index contributed by atoms with van der Waals surface area (Å²) in [5, 5.41) is 38.3. The summed E-state index contributed by atoms with van der Waals surface area (Å²) in [5.74, 6) is -5.63. The molecular weight excluding hydrogens is 788 g/mol. The molecule has 0 spiro atoms. The minimum absolute atomic E-state index is 0.0328. The monoisotopic (exact) mass is 844 g/mol. The van der Waals surface area contributed by atoms with Gasteiger partial charge in [-0.25, -0.2) is 24.0 Å². The van der Waals surface area contributed by atoms with Crippen molar-refractivity contribution in [3.63, 3.8) is 0 Å². The van der Waals surface area contributed by atoms with Crippen LogP contribution >= 0.6 is 0 Å². The van der Waals surface area contributed by atoms with Crippen LogP contribution in [-0.4, -0.2) is 145 Å². The van der Waals surface area contributed by atoms with Gasteiger partial charge in [0.05, 0.1) is 6.42 Å². The van der Waals surface area contributed by atoms with Crippen LogP contribution in [0.25, 0.3) is 0 Å². The first kappa shape index (κ1) is 55.4. The van der Waals surface area contributed by atoms with Crippen LogP contribution in [0.15, 0.2) is 60.8 Å². The van der Waals surface area contributed by atoms with Crippen molar-refractivity contribution in [3.05, 3.63) is 60.8 Å². The molecule has 0 aromatic carbocycles. The van der Waals surface area contributed by atoms with E-state index in [0.717, 1.165) is 0 Å². The van der Waals surface area contributed by atoms with Crippen LogP contribution in [-0.2, 0) is 76.3 Å². The molecule has 20 nitrogen and oxygen atoms in total. The molecule has 0 fully saturated rings. The van der Waals surface area contributed by atoms with E-state index in [-0.39, 0.29) is 67.1 Å². The molecule has 0 aromatic rings. The topological polar surface area (TPSA) is 291 Å². The number of hydrogen-bond donors (Lipinski definition) is 4. The lowest BCUT2D eigenvalue weighted by atomic mass is 10.2. The van der Waals surface area contributed by atoms with Crippen molar-refractivity contribution in [1.82, 2.24) is 0 Å². The lowest BCUT2D eigenvalue weighted by Crippen LogP contribution is -2.27. The summed E-state index contributed by atoms with van der Waals surface area (Å²) in [6, 6.07) is 0. The van der Waals surface area contributed by atoms with E-state index in [1.807, 2.05) is 0 Å². The van der Waals surface area contributed by atoms with Crippen molar-refractivity contribution < 1.29 is 96.7 Å². The second-order valence-corrected chi connectivity index (χ2v) is 12.8. The maximum atomic E-state index is 11.7. The SMILES string of the molecule is C=C(C)C(=O)OCC(O)COC(=O)CC(=C)C(=O)OCC(O)COC(=O)C(=C)C.C=C(C)C(=O)OCC(O)COC(=O)CCCCC(=O)OCC(O)COC(=O)C(=C)C. The summed E-state index contributed by atoms with van der Waals surface area (Å²) in [6.45, 7) is 19.7.